The maximum absolute atomic E-state index is 14.7. The highest BCUT2D eigenvalue weighted by atomic mass is 19.3. The Hall–Kier alpha value is -2.43. The molecule has 0 spiro atoms. The molecule has 0 aromatic rings. The maximum atomic E-state index is 14.7. The molecule has 1 aliphatic heterocycles. The fourth-order valence-corrected chi connectivity index (χ4v) is 4.71. The van der Waals surface area contributed by atoms with E-state index in [2.05, 4.69) is 0 Å². The van der Waals surface area contributed by atoms with Crippen molar-refractivity contribution in [2.75, 3.05) is 7.05 Å². The first kappa shape index (κ1) is 18.0. The van der Waals surface area contributed by atoms with Crippen LogP contribution in [0.5, 0.6) is 0 Å². The van der Waals surface area contributed by atoms with Crippen LogP contribution in [0.25, 0.3) is 0 Å². The molecule has 8 heteroatoms. The van der Waals surface area contributed by atoms with Gasteiger partial charge in [0.25, 0.3) is 0 Å². The molecule has 2 nitrogen and oxygen atoms in total. The molecule has 2 atom stereocenters. The van der Waals surface area contributed by atoms with E-state index < -0.39 is 39.9 Å². The van der Waals surface area contributed by atoms with Crippen molar-refractivity contribution >= 4 is 0 Å². The Bertz CT molecular complexity index is 975. The first-order chi connectivity index (χ1) is 12.3. The smallest absolute Gasteiger partial charge is 0.355 e. The first-order valence-electron chi connectivity index (χ1n) is 8.16. The van der Waals surface area contributed by atoms with Crippen LogP contribution in [0.4, 0.5) is 26.3 Å². The highest BCUT2D eigenvalue weighted by Crippen LogP contribution is 2.70. The average Bonchev–Trinajstić information content (AvgIpc) is 2.90. The van der Waals surface area contributed by atoms with Gasteiger partial charge in [0.1, 0.15) is 11.8 Å². The van der Waals surface area contributed by atoms with E-state index in [1.807, 2.05) is 6.07 Å². The number of rotatable bonds is 0. The zero-order valence-electron chi connectivity index (χ0n) is 14.5. The van der Waals surface area contributed by atoms with Crippen LogP contribution in [0, 0.1) is 16.7 Å². The van der Waals surface area contributed by atoms with Crippen LogP contribution in [0.1, 0.15) is 13.8 Å². The van der Waals surface area contributed by atoms with Gasteiger partial charge < -0.3 is 4.90 Å². The van der Waals surface area contributed by atoms with Gasteiger partial charge in [-0.3, -0.25) is 0 Å². The fraction of sp³-hybridized carbons (Fsp3) is 0.421. The second kappa shape index (κ2) is 4.51. The van der Waals surface area contributed by atoms with Gasteiger partial charge in [-0.05, 0) is 31.1 Å². The van der Waals surface area contributed by atoms with Gasteiger partial charge in [-0.25, -0.2) is 0 Å². The predicted molar refractivity (Wildman–Crippen MR) is 85.1 cm³/mol. The Morgan fingerprint density at radius 3 is 2.04 bits per heavy atom. The van der Waals surface area contributed by atoms with Crippen LogP contribution in [-0.2, 0) is 0 Å². The van der Waals surface area contributed by atoms with Gasteiger partial charge in [0, 0.05) is 23.6 Å². The SMILES string of the molecule is CN1C(C#N)=CC2=C3C(=C4C=CC=CC4(C)C21C)C(F)(F)C(F)(F)C3(F)F. The average molecular weight is 384 g/mol. The van der Waals surface area contributed by atoms with E-state index in [0.717, 1.165) is 6.08 Å². The molecular weight excluding hydrogens is 370 g/mol. The summed E-state index contributed by atoms with van der Waals surface area (Å²) in [6, 6.07) is 1.83. The predicted octanol–water partition coefficient (Wildman–Crippen LogP) is 4.76. The van der Waals surface area contributed by atoms with Crippen molar-refractivity contribution in [1.29, 1.82) is 5.26 Å². The van der Waals surface area contributed by atoms with Crippen molar-refractivity contribution < 1.29 is 26.3 Å². The number of alkyl halides is 6. The van der Waals surface area contributed by atoms with Crippen molar-refractivity contribution in [1.82, 2.24) is 4.90 Å². The minimum Gasteiger partial charge on any atom is -0.355 e. The summed E-state index contributed by atoms with van der Waals surface area (Å²) in [5, 5.41) is 9.34. The fourth-order valence-electron chi connectivity index (χ4n) is 4.71. The molecule has 2 unspecified atom stereocenters. The molecule has 0 aromatic carbocycles. The van der Waals surface area contributed by atoms with E-state index in [0.29, 0.717) is 0 Å². The molecule has 142 valence electrons. The summed E-state index contributed by atoms with van der Waals surface area (Å²) in [5.74, 6) is -15.7. The molecule has 1 saturated carbocycles. The quantitative estimate of drug-likeness (QED) is 0.564. The van der Waals surface area contributed by atoms with Gasteiger partial charge in [0.15, 0.2) is 0 Å². The number of halogens is 6. The van der Waals surface area contributed by atoms with E-state index in [1.54, 1.807) is 6.08 Å². The number of hydrogen-bond acceptors (Lipinski definition) is 2. The summed E-state index contributed by atoms with van der Waals surface area (Å²) >= 11 is 0. The third-order valence-corrected chi connectivity index (χ3v) is 6.53. The molecule has 0 aromatic heterocycles. The van der Waals surface area contributed by atoms with Gasteiger partial charge in [0.2, 0.25) is 0 Å². The van der Waals surface area contributed by atoms with Gasteiger partial charge in [-0.15, -0.1) is 0 Å². The van der Waals surface area contributed by atoms with E-state index in [-0.39, 0.29) is 16.8 Å². The Morgan fingerprint density at radius 2 is 1.48 bits per heavy atom. The van der Waals surface area contributed by atoms with Gasteiger partial charge in [-0.2, -0.15) is 31.6 Å². The van der Waals surface area contributed by atoms with E-state index in [9.17, 15) is 31.6 Å². The van der Waals surface area contributed by atoms with Gasteiger partial charge >= 0.3 is 17.8 Å². The summed E-state index contributed by atoms with van der Waals surface area (Å²) in [6.07, 6.45) is 6.64. The molecule has 1 fully saturated rings. The number of hydrogen-bond donors (Lipinski definition) is 0. The van der Waals surface area contributed by atoms with Gasteiger partial charge in [-0.1, -0.05) is 24.3 Å². The van der Waals surface area contributed by atoms with Gasteiger partial charge in [0.05, 0.1) is 5.54 Å². The molecule has 0 amide bonds. The van der Waals surface area contributed by atoms with Crippen molar-refractivity contribution in [2.24, 2.45) is 5.41 Å². The number of fused-ring (bicyclic) bond motifs is 4. The number of nitrogens with zero attached hydrogens (tertiary/aromatic N) is 2. The molecule has 27 heavy (non-hydrogen) atoms. The second-order valence-corrected chi connectivity index (χ2v) is 7.49. The Kier molecular flexibility index (Phi) is 3.00. The lowest BCUT2D eigenvalue weighted by Crippen LogP contribution is -2.56. The van der Waals surface area contributed by atoms with Crippen LogP contribution in [0.15, 0.2) is 58.4 Å². The summed E-state index contributed by atoms with van der Waals surface area (Å²) in [4.78, 5) is 1.39. The molecule has 0 saturated heterocycles. The molecule has 3 aliphatic carbocycles. The van der Waals surface area contributed by atoms with Crippen molar-refractivity contribution in [3.63, 3.8) is 0 Å². The van der Waals surface area contributed by atoms with Crippen LogP contribution in [-0.4, -0.2) is 35.3 Å². The summed E-state index contributed by atoms with van der Waals surface area (Å²) in [7, 11) is 1.46. The van der Waals surface area contributed by atoms with E-state index in [1.165, 1.54) is 44.0 Å². The summed E-state index contributed by atoms with van der Waals surface area (Å²) < 4.78 is 87.2. The normalized spacial score (nSPS) is 37.0. The van der Waals surface area contributed by atoms with Crippen molar-refractivity contribution in [2.45, 2.75) is 37.2 Å². The van der Waals surface area contributed by atoms with Crippen LogP contribution in [0.3, 0.4) is 0 Å². The Labute approximate surface area is 151 Å². The minimum absolute atomic E-state index is 0.0564. The van der Waals surface area contributed by atoms with E-state index in [4.69, 9.17) is 0 Å². The van der Waals surface area contributed by atoms with Crippen molar-refractivity contribution in [3.8, 4) is 6.07 Å². The lowest BCUT2D eigenvalue weighted by atomic mass is 9.57. The second-order valence-electron chi connectivity index (χ2n) is 7.49. The lowest BCUT2D eigenvalue weighted by Gasteiger charge is -2.53. The molecule has 0 bridgehead atoms. The topological polar surface area (TPSA) is 27.0 Å². The lowest BCUT2D eigenvalue weighted by molar-refractivity contribution is -0.258. The Balaban J connectivity index is 2.24. The van der Waals surface area contributed by atoms with Crippen molar-refractivity contribution in [3.05, 3.63) is 58.4 Å². The molecule has 4 aliphatic rings. The third kappa shape index (κ3) is 1.53. The molecule has 1 heterocycles. The van der Waals surface area contributed by atoms with Crippen LogP contribution >= 0.6 is 0 Å². The zero-order valence-corrected chi connectivity index (χ0v) is 14.5. The third-order valence-electron chi connectivity index (χ3n) is 6.53. The molecule has 4 rings (SSSR count). The van der Waals surface area contributed by atoms with Crippen LogP contribution in [0.2, 0.25) is 0 Å². The molecular formula is C19H14F6N2. The molecule has 0 N–H and O–H groups in total. The number of nitriles is 1. The number of likely N-dealkylation sites (N-methyl/N-ethyl adjacent to an activating group) is 1. The molecule has 0 radical (unpaired) electrons. The highest BCUT2D eigenvalue weighted by Gasteiger charge is 2.84. The van der Waals surface area contributed by atoms with E-state index >= 15 is 0 Å². The maximum Gasteiger partial charge on any atom is 0.380 e. The zero-order chi connectivity index (χ0) is 20.2. The highest BCUT2D eigenvalue weighted by molar-refractivity contribution is 5.71. The largest absolute Gasteiger partial charge is 0.380 e. The van der Waals surface area contributed by atoms with Crippen LogP contribution < -0.4 is 0 Å². The summed E-state index contributed by atoms with van der Waals surface area (Å²) in [6.45, 7) is 3.03. The Morgan fingerprint density at radius 1 is 0.926 bits per heavy atom. The standard InChI is InChI=1S/C19H14F6N2/c1-15-7-5-4-6-11(15)13-14(18(22,23)19(24,25)17(13,20)21)12-8-10(9-26)27(3)16(12,15)2/h4-8H,1-3H3. The minimum atomic E-state index is -5.58. The summed E-state index contributed by atoms with van der Waals surface area (Å²) in [5.41, 5.74) is -6.15. The first-order valence-corrected chi connectivity index (χ1v) is 8.16. The number of allylic oxidation sites excluding steroid dienone is 6. The monoisotopic (exact) mass is 384 g/mol.